The van der Waals surface area contributed by atoms with Crippen molar-refractivity contribution in [2.45, 2.75) is 31.3 Å². The second kappa shape index (κ2) is 5.53. The molecule has 2 aliphatic heterocycles. The van der Waals surface area contributed by atoms with Gasteiger partial charge in [-0.3, -0.25) is 0 Å². The van der Waals surface area contributed by atoms with Crippen molar-refractivity contribution in [3.8, 4) is 11.1 Å². The smallest absolute Gasteiger partial charge is 0.0367 e. The third-order valence-corrected chi connectivity index (χ3v) is 4.86. The maximum absolute atomic E-state index is 3.75. The zero-order chi connectivity index (χ0) is 14.1. The summed E-state index contributed by atoms with van der Waals surface area (Å²) in [5.74, 6) is 0. The van der Waals surface area contributed by atoms with Crippen LogP contribution in [0.25, 0.3) is 11.1 Å². The van der Waals surface area contributed by atoms with Crippen LogP contribution in [-0.4, -0.2) is 25.2 Å². The summed E-state index contributed by atoms with van der Waals surface area (Å²) in [5, 5.41) is 3.75. The minimum absolute atomic E-state index is 0.686. The van der Waals surface area contributed by atoms with Crippen molar-refractivity contribution < 1.29 is 0 Å². The summed E-state index contributed by atoms with van der Waals surface area (Å²) in [6.45, 7) is 2.33. The monoisotopic (exact) mass is 278 g/mol. The predicted octanol–water partition coefficient (Wildman–Crippen LogP) is 3.68. The van der Waals surface area contributed by atoms with Crippen molar-refractivity contribution in [1.29, 1.82) is 0 Å². The number of fused-ring (bicyclic) bond motifs is 2. The molecule has 2 heterocycles. The van der Waals surface area contributed by atoms with Crippen LogP contribution in [0.15, 0.2) is 54.6 Å². The molecular weight excluding hydrogens is 256 g/mol. The summed E-state index contributed by atoms with van der Waals surface area (Å²) in [5.41, 5.74) is 3.96. The third kappa shape index (κ3) is 2.68. The molecule has 2 bridgehead atoms. The van der Waals surface area contributed by atoms with Gasteiger partial charge in [0.25, 0.3) is 0 Å². The molecule has 2 heteroatoms. The van der Waals surface area contributed by atoms with Gasteiger partial charge in [-0.1, -0.05) is 42.5 Å². The van der Waals surface area contributed by atoms with Gasteiger partial charge in [-0.15, -0.1) is 0 Å². The fraction of sp³-hybridized carbons (Fsp3) is 0.368. The molecule has 2 aliphatic rings. The van der Waals surface area contributed by atoms with Gasteiger partial charge >= 0.3 is 0 Å². The molecule has 0 amide bonds. The molecule has 2 aromatic rings. The van der Waals surface area contributed by atoms with Crippen LogP contribution in [-0.2, 0) is 0 Å². The van der Waals surface area contributed by atoms with E-state index in [0.717, 1.165) is 12.6 Å². The SMILES string of the molecule is c1ccc(-c2ccc(N3CCC4CCC(C3)N4)cc2)cc1. The van der Waals surface area contributed by atoms with E-state index in [1.54, 1.807) is 0 Å². The number of anilines is 1. The van der Waals surface area contributed by atoms with Crippen molar-refractivity contribution in [3.05, 3.63) is 54.6 Å². The Hall–Kier alpha value is -1.80. The molecular formula is C19H22N2. The van der Waals surface area contributed by atoms with Gasteiger partial charge in [0.15, 0.2) is 0 Å². The zero-order valence-electron chi connectivity index (χ0n) is 12.3. The molecule has 0 aliphatic carbocycles. The molecule has 21 heavy (non-hydrogen) atoms. The summed E-state index contributed by atoms with van der Waals surface area (Å²) in [6, 6.07) is 21.1. The summed E-state index contributed by atoms with van der Waals surface area (Å²) in [7, 11) is 0. The molecule has 2 unspecified atom stereocenters. The number of hydrogen-bond donors (Lipinski definition) is 1. The predicted molar refractivity (Wildman–Crippen MR) is 88.7 cm³/mol. The lowest BCUT2D eigenvalue weighted by Gasteiger charge is -2.26. The van der Waals surface area contributed by atoms with Crippen LogP contribution >= 0.6 is 0 Å². The van der Waals surface area contributed by atoms with E-state index >= 15 is 0 Å². The maximum atomic E-state index is 3.75. The van der Waals surface area contributed by atoms with Crippen molar-refractivity contribution in [2.75, 3.05) is 18.0 Å². The van der Waals surface area contributed by atoms with E-state index in [1.165, 1.54) is 42.6 Å². The normalized spacial score (nSPS) is 24.9. The van der Waals surface area contributed by atoms with Gasteiger partial charge in [-0.05, 0) is 42.5 Å². The van der Waals surface area contributed by atoms with Gasteiger partial charge in [0.1, 0.15) is 0 Å². The highest BCUT2D eigenvalue weighted by Crippen LogP contribution is 2.27. The van der Waals surface area contributed by atoms with Crippen LogP contribution in [0, 0.1) is 0 Å². The average molecular weight is 278 g/mol. The van der Waals surface area contributed by atoms with Crippen molar-refractivity contribution in [2.24, 2.45) is 0 Å². The lowest BCUT2D eigenvalue weighted by molar-refractivity contribution is 0.563. The minimum Gasteiger partial charge on any atom is -0.370 e. The molecule has 2 fully saturated rings. The van der Waals surface area contributed by atoms with Crippen LogP contribution in [0.4, 0.5) is 5.69 Å². The molecule has 0 spiro atoms. The van der Waals surface area contributed by atoms with Gasteiger partial charge in [0, 0.05) is 30.9 Å². The lowest BCUT2D eigenvalue weighted by Crippen LogP contribution is -2.35. The van der Waals surface area contributed by atoms with Gasteiger partial charge < -0.3 is 10.2 Å². The van der Waals surface area contributed by atoms with E-state index in [-0.39, 0.29) is 0 Å². The van der Waals surface area contributed by atoms with Crippen molar-refractivity contribution >= 4 is 5.69 Å². The fourth-order valence-corrected chi connectivity index (χ4v) is 3.67. The summed E-state index contributed by atoms with van der Waals surface area (Å²) in [6.07, 6.45) is 3.98. The Morgan fingerprint density at radius 1 is 0.762 bits per heavy atom. The summed E-state index contributed by atoms with van der Waals surface area (Å²) >= 11 is 0. The maximum Gasteiger partial charge on any atom is 0.0367 e. The molecule has 2 atom stereocenters. The highest BCUT2D eigenvalue weighted by atomic mass is 15.2. The van der Waals surface area contributed by atoms with Crippen LogP contribution in [0.1, 0.15) is 19.3 Å². The summed E-state index contributed by atoms with van der Waals surface area (Å²) < 4.78 is 0. The first-order chi connectivity index (χ1) is 10.4. The van der Waals surface area contributed by atoms with Crippen LogP contribution < -0.4 is 10.2 Å². The average Bonchev–Trinajstić information content (AvgIpc) is 2.88. The van der Waals surface area contributed by atoms with Gasteiger partial charge in [0.2, 0.25) is 0 Å². The quantitative estimate of drug-likeness (QED) is 0.901. The largest absolute Gasteiger partial charge is 0.370 e. The van der Waals surface area contributed by atoms with E-state index in [9.17, 15) is 0 Å². The Kier molecular flexibility index (Phi) is 3.40. The third-order valence-electron chi connectivity index (χ3n) is 4.86. The first-order valence-corrected chi connectivity index (χ1v) is 8.05. The second-order valence-electron chi connectivity index (χ2n) is 6.29. The molecule has 0 aromatic heterocycles. The number of hydrogen-bond acceptors (Lipinski definition) is 2. The molecule has 1 N–H and O–H groups in total. The number of nitrogens with zero attached hydrogens (tertiary/aromatic N) is 1. The van der Waals surface area contributed by atoms with Gasteiger partial charge in [-0.2, -0.15) is 0 Å². The first kappa shape index (κ1) is 12.9. The molecule has 2 nitrogen and oxygen atoms in total. The van der Waals surface area contributed by atoms with E-state index in [4.69, 9.17) is 0 Å². The fourth-order valence-electron chi connectivity index (χ4n) is 3.67. The minimum atomic E-state index is 0.686. The van der Waals surface area contributed by atoms with Crippen LogP contribution in [0.2, 0.25) is 0 Å². The van der Waals surface area contributed by atoms with Gasteiger partial charge in [-0.25, -0.2) is 0 Å². The number of benzene rings is 2. The van der Waals surface area contributed by atoms with Gasteiger partial charge in [0.05, 0.1) is 0 Å². The molecule has 0 radical (unpaired) electrons. The summed E-state index contributed by atoms with van der Waals surface area (Å²) in [4.78, 5) is 2.55. The Morgan fingerprint density at radius 3 is 2.29 bits per heavy atom. The number of rotatable bonds is 2. The van der Waals surface area contributed by atoms with E-state index < -0.39 is 0 Å². The molecule has 0 saturated carbocycles. The second-order valence-corrected chi connectivity index (χ2v) is 6.29. The first-order valence-electron chi connectivity index (χ1n) is 8.05. The standard InChI is InChI=1S/C19H22N2/c1-2-4-15(5-3-1)16-6-10-19(11-7-16)21-13-12-17-8-9-18(14-21)20-17/h1-7,10-11,17-18,20H,8-9,12-14H2. The lowest BCUT2D eigenvalue weighted by atomic mass is 10.0. The molecule has 2 aromatic carbocycles. The van der Waals surface area contributed by atoms with Crippen molar-refractivity contribution in [1.82, 2.24) is 5.32 Å². The van der Waals surface area contributed by atoms with E-state index in [2.05, 4.69) is 64.8 Å². The Bertz CT molecular complexity index is 591. The highest BCUT2D eigenvalue weighted by molar-refractivity contribution is 5.66. The zero-order valence-corrected chi connectivity index (χ0v) is 12.3. The highest BCUT2D eigenvalue weighted by Gasteiger charge is 2.29. The Labute approximate surface area is 126 Å². The Balaban J connectivity index is 1.53. The van der Waals surface area contributed by atoms with Crippen molar-refractivity contribution in [3.63, 3.8) is 0 Å². The molecule has 108 valence electrons. The number of nitrogens with one attached hydrogen (secondary N) is 1. The van der Waals surface area contributed by atoms with Crippen LogP contribution in [0.3, 0.4) is 0 Å². The Morgan fingerprint density at radius 2 is 1.48 bits per heavy atom. The van der Waals surface area contributed by atoms with Crippen LogP contribution in [0.5, 0.6) is 0 Å². The van der Waals surface area contributed by atoms with E-state index in [1.807, 2.05) is 0 Å². The topological polar surface area (TPSA) is 15.3 Å². The molecule has 2 saturated heterocycles. The van der Waals surface area contributed by atoms with E-state index in [0.29, 0.717) is 6.04 Å². The molecule has 4 rings (SSSR count).